The van der Waals surface area contributed by atoms with Crippen molar-refractivity contribution in [1.82, 2.24) is 10.2 Å². The van der Waals surface area contributed by atoms with Crippen LogP contribution < -0.4 is 10.1 Å². The van der Waals surface area contributed by atoms with Gasteiger partial charge < -0.3 is 15.2 Å². The fourth-order valence-electron chi connectivity index (χ4n) is 2.83. The number of halogens is 1. The number of hydrogen-bond acceptors (Lipinski definition) is 4. The van der Waals surface area contributed by atoms with Crippen LogP contribution in [0.1, 0.15) is 25.8 Å². The van der Waals surface area contributed by atoms with E-state index in [0.717, 1.165) is 38.2 Å². The summed E-state index contributed by atoms with van der Waals surface area (Å²) >= 11 is 0. The topological polar surface area (TPSA) is 61.8 Å². The highest BCUT2D eigenvalue weighted by atomic mass is 35.5. The minimum absolute atomic E-state index is 0. The van der Waals surface area contributed by atoms with E-state index in [2.05, 4.69) is 36.2 Å². The van der Waals surface area contributed by atoms with Crippen LogP contribution in [0.25, 0.3) is 0 Å². The first-order chi connectivity index (χ1) is 10.5. The number of ether oxygens (including phenoxy) is 1. The van der Waals surface area contributed by atoms with Crippen LogP contribution in [0.4, 0.5) is 0 Å². The molecule has 0 spiro atoms. The molecule has 130 valence electrons. The number of carbonyl (C=O) groups is 1. The lowest BCUT2D eigenvalue weighted by Gasteiger charge is -2.25. The molecule has 1 unspecified atom stereocenters. The van der Waals surface area contributed by atoms with Gasteiger partial charge in [-0.2, -0.15) is 0 Å². The zero-order valence-corrected chi connectivity index (χ0v) is 14.7. The summed E-state index contributed by atoms with van der Waals surface area (Å²) in [5.41, 5.74) is 1.17. The van der Waals surface area contributed by atoms with E-state index < -0.39 is 5.97 Å². The number of aliphatic carboxylic acids is 1. The van der Waals surface area contributed by atoms with Gasteiger partial charge in [0.1, 0.15) is 12.4 Å². The number of hydrogen-bond donors (Lipinski definition) is 2. The molecule has 1 aliphatic rings. The SMILES string of the molecule is CCc1cccc(OCCN2CCC(C)(NCC(=O)O)C2)c1.Cl. The second kappa shape index (κ2) is 9.11. The molecular weight excluding hydrogens is 316 g/mol. The smallest absolute Gasteiger partial charge is 0.317 e. The van der Waals surface area contributed by atoms with Gasteiger partial charge in [0.05, 0.1) is 6.54 Å². The minimum Gasteiger partial charge on any atom is -0.492 e. The zero-order chi connectivity index (χ0) is 16.0. The molecule has 5 nitrogen and oxygen atoms in total. The Bertz CT molecular complexity index is 512. The van der Waals surface area contributed by atoms with Gasteiger partial charge in [-0.15, -0.1) is 12.4 Å². The molecule has 1 aliphatic heterocycles. The highest BCUT2D eigenvalue weighted by Gasteiger charge is 2.33. The van der Waals surface area contributed by atoms with E-state index in [0.29, 0.717) is 6.61 Å². The fraction of sp³-hybridized carbons (Fsp3) is 0.588. The lowest BCUT2D eigenvalue weighted by Crippen LogP contribution is -2.47. The normalized spacial score (nSPS) is 21.0. The van der Waals surface area contributed by atoms with Gasteiger partial charge in [-0.05, 0) is 37.5 Å². The van der Waals surface area contributed by atoms with Gasteiger partial charge in [0.2, 0.25) is 0 Å². The molecule has 2 rings (SSSR count). The standard InChI is InChI=1S/C17H26N2O3.ClH/c1-3-14-5-4-6-15(11-14)22-10-9-19-8-7-17(2,13-19)18-12-16(20)21;/h4-6,11,18H,3,7-10,12-13H2,1-2H3,(H,20,21);1H. The van der Waals surface area contributed by atoms with Crippen LogP contribution in [-0.4, -0.2) is 54.3 Å². The maximum atomic E-state index is 10.7. The summed E-state index contributed by atoms with van der Waals surface area (Å²) in [6.45, 7) is 7.59. The number of benzene rings is 1. The number of aryl methyl sites for hydroxylation is 1. The Hall–Kier alpha value is -1.30. The Morgan fingerprint density at radius 3 is 2.96 bits per heavy atom. The minimum atomic E-state index is -0.807. The van der Waals surface area contributed by atoms with Gasteiger partial charge in [0.25, 0.3) is 0 Å². The second-order valence-corrected chi connectivity index (χ2v) is 6.18. The van der Waals surface area contributed by atoms with E-state index in [1.54, 1.807) is 0 Å². The van der Waals surface area contributed by atoms with Crippen molar-refractivity contribution >= 4 is 18.4 Å². The van der Waals surface area contributed by atoms with Crippen molar-refractivity contribution < 1.29 is 14.6 Å². The number of carboxylic acids is 1. The predicted octanol–water partition coefficient (Wildman–Crippen LogP) is 2.19. The maximum Gasteiger partial charge on any atom is 0.317 e. The summed E-state index contributed by atoms with van der Waals surface area (Å²) < 4.78 is 5.82. The highest BCUT2D eigenvalue weighted by Crippen LogP contribution is 2.20. The zero-order valence-electron chi connectivity index (χ0n) is 13.9. The average molecular weight is 343 g/mol. The lowest BCUT2D eigenvalue weighted by molar-refractivity contribution is -0.136. The first-order valence-electron chi connectivity index (χ1n) is 7.92. The van der Waals surface area contributed by atoms with Gasteiger partial charge in [0, 0.05) is 25.2 Å². The molecule has 1 saturated heterocycles. The largest absolute Gasteiger partial charge is 0.492 e. The molecule has 0 aromatic heterocycles. The molecule has 0 radical (unpaired) electrons. The predicted molar refractivity (Wildman–Crippen MR) is 93.7 cm³/mol. The number of carboxylic acid groups (broad SMARTS) is 1. The molecule has 0 amide bonds. The van der Waals surface area contributed by atoms with Crippen LogP contribution in [-0.2, 0) is 11.2 Å². The van der Waals surface area contributed by atoms with Crippen molar-refractivity contribution in [2.24, 2.45) is 0 Å². The molecule has 0 saturated carbocycles. The number of nitrogens with zero attached hydrogens (tertiary/aromatic N) is 1. The summed E-state index contributed by atoms with van der Waals surface area (Å²) in [5, 5.41) is 11.9. The second-order valence-electron chi connectivity index (χ2n) is 6.18. The molecule has 1 aromatic rings. The van der Waals surface area contributed by atoms with E-state index >= 15 is 0 Å². The van der Waals surface area contributed by atoms with E-state index in [9.17, 15) is 4.79 Å². The first-order valence-corrected chi connectivity index (χ1v) is 7.92. The summed E-state index contributed by atoms with van der Waals surface area (Å²) in [5.74, 6) is 0.115. The van der Waals surface area contributed by atoms with Crippen molar-refractivity contribution in [2.45, 2.75) is 32.2 Å². The van der Waals surface area contributed by atoms with E-state index in [4.69, 9.17) is 9.84 Å². The Labute approximate surface area is 144 Å². The third-order valence-electron chi connectivity index (χ3n) is 4.20. The van der Waals surface area contributed by atoms with Crippen molar-refractivity contribution in [3.63, 3.8) is 0 Å². The maximum absolute atomic E-state index is 10.7. The number of rotatable bonds is 8. The Morgan fingerprint density at radius 1 is 1.48 bits per heavy atom. The Balaban J connectivity index is 0.00000264. The van der Waals surface area contributed by atoms with Crippen molar-refractivity contribution in [3.05, 3.63) is 29.8 Å². The number of likely N-dealkylation sites (tertiary alicyclic amines) is 1. The Kier molecular flexibility index (Phi) is 7.82. The monoisotopic (exact) mass is 342 g/mol. The summed E-state index contributed by atoms with van der Waals surface area (Å²) in [6.07, 6.45) is 1.97. The van der Waals surface area contributed by atoms with Gasteiger partial charge in [-0.25, -0.2) is 0 Å². The lowest BCUT2D eigenvalue weighted by atomic mass is 10.0. The van der Waals surface area contributed by atoms with E-state index in [-0.39, 0.29) is 24.5 Å². The van der Waals surface area contributed by atoms with Crippen LogP contribution in [0, 0.1) is 0 Å². The Morgan fingerprint density at radius 2 is 2.26 bits per heavy atom. The van der Waals surface area contributed by atoms with Crippen molar-refractivity contribution in [2.75, 3.05) is 32.8 Å². The third-order valence-corrected chi connectivity index (χ3v) is 4.20. The molecule has 1 aromatic carbocycles. The number of nitrogens with one attached hydrogen (secondary N) is 1. The van der Waals surface area contributed by atoms with Crippen LogP contribution in [0.5, 0.6) is 5.75 Å². The van der Waals surface area contributed by atoms with Gasteiger partial charge in [-0.3, -0.25) is 9.69 Å². The van der Waals surface area contributed by atoms with Crippen LogP contribution in [0.3, 0.4) is 0 Å². The molecule has 1 heterocycles. The van der Waals surface area contributed by atoms with Gasteiger partial charge >= 0.3 is 5.97 Å². The molecule has 0 aliphatic carbocycles. The molecule has 0 bridgehead atoms. The molecule has 6 heteroatoms. The quantitative estimate of drug-likeness (QED) is 0.758. The van der Waals surface area contributed by atoms with Gasteiger partial charge in [-0.1, -0.05) is 19.1 Å². The van der Waals surface area contributed by atoms with E-state index in [1.807, 2.05) is 12.1 Å². The third kappa shape index (κ3) is 6.37. The highest BCUT2D eigenvalue weighted by molar-refractivity contribution is 5.85. The summed E-state index contributed by atoms with van der Waals surface area (Å²) in [6, 6.07) is 8.20. The van der Waals surface area contributed by atoms with Crippen molar-refractivity contribution in [1.29, 1.82) is 0 Å². The average Bonchev–Trinajstić information content (AvgIpc) is 2.88. The molecule has 1 fully saturated rings. The molecule has 23 heavy (non-hydrogen) atoms. The van der Waals surface area contributed by atoms with Crippen molar-refractivity contribution in [3.8, 4) is 5.75 Å². The van der Waals surface area contributed by atoms with Crippen LogP contribution >= 0.6 is 12.4 Å². The molecule has 2 N–H and O–H groups in total. The fourth-order valence-corrected chi connectivity index (χ4v) is 2.83. The molecule has 1 atom stereocenters. The first kappa shape index (κ1) is 19.7. The summed E-state index contributed by atoms with van der Waals surface area (Å²) in [7, 11) is 0. The van der Waals surface area contributed by atoms with Crippen LogP contribution in [0.2, 0.25) is 0 Å². The van der Waals surface area contributed by atoms with Crippen LogP contribution in [0.15, 0.2) is 24.3 Å². The van der Waals surface area contributed by atoms with E-state index in [1.165, 1.54) is 5.56 Å². The molecular formula is C17H27ClN2O3. The van der Waals surface area contributed by atoms with Gasteiger partial charge in [0.15, 0.2) is 0 Å². The summed E-state index contributed by atoms with van der Waals surface area (Å²) in [4.78, 5) is 13.0.